The molecule has 0 radical (unpaired) electrons. The molecular formula is C44H17Cl3F25LiN6O2. The molecule has 81 heavy (non-hydrogen) atoms. The minimum absolute atomic E-state index is 0. The van der Waals surface area contributed by atoms with Crippen LogP contribution in [0.5, 0.6) is 0 Å². The smallest absolute Gasteiger partial charge is 0.381 e. The van der Waals surface area contributed by atoms with E-state index in [2.05, 4.69) is 29.9 Å². The second kappa shape index (κ2) is 30.2. The number of hydrogen-bond donors (Lipinski definition) is 0. The molecule has 8 nitrogen and oxygen atoms in total. The van der Waals surface area contributed by atoms with Gasteiger partial charge >= 0.3 is 18.9 Å². The van der Waals surface area contributed by atoms with Gasteiger partial charge in [-0.05, 0) is 60.5 Å². The van der Waals surface area contributed by atoms with Crippen molar-refractivity contribution in [2.75, 3.05) is 26.4 Å². The van der Waals surface area contributed by atoms with Crippen molar-refractivity contribution in [3.05, 3.63) is 173 Å². The zero-order valence-corrected chi connectivity index (χ0v) is 41.1. The topological polar surface area (TPSA) is 95.8 Å². The van der Waals surface area contributed by atoms with E-state index in [9.17, 15) is 110 Å². The zero-order valence-electron chi connectivity index (χ0n) is 38.8. The first-order valence-electron chi connectivity index (χ1n) is 20.5. The molecule has 2 aliphatic rings. The predicted octanol–water partition coefficient (Wildman–Crippen LogP) is 12.0. The third-order valence-corrected chi connectivity index (χ3v) is 9.70. The molecule has 0 amide bonds. The number of ether oxygens (including phenoxy) is 2. The Morgan fingerprint density at radius 3 is 0.691 bits per heavy atom. The van der Waals surface area contributed by atoms with E-state index in [0.29, 0.717) is 0 Å². The summed E-state index contributed by atoms with van der Waals surface area (Å²) in [6.45, 7) is 4.00. The molecule has 0 N–H and O–H groups in total. The Kier molecular flexibility index (Phi) is 25.7. The minimum Gasteiger partial charge on any atom is -0.381 e. The largest absolute Gasteiger partial charge is 1.00 e. The van der Waals surface area contributed by atoms with E-state index in [1.54, 1.807) is 0 Å². The Bertz CT molecular complexity index is 2960. The van der Waals surface area contributed by atoms with Crippen LogP contribution in [0, 0.1) is 151 Å². The summed E-state index contributed by atoms with van der Waals surface area (Å²) in [5.41, 5.74) is -6.61. The predicted molar refractivity (Wildman–Crippen MR) is 222 cm³/mol. The average Bonchev–Trinajstić information content (AvgIpc) is 4.35. The van der Waals surface area contributed by atoms with Gasteiger partial charge in [0.2, 0.25) is 39.1 Å². The quantitative estimate of drug-likeness (QED) is 0.0568. The van der Waals surface area contributed by atoms with Crippen molar-refractivity contribution in [3.63, 3.8) is 0 Å². The van der Waals surface area contributed by atoms with Gasteiger partial charge in [0, 0.05) is 32.5 Å². The Labute approximate surface area is 461 Å². The number of halogens is 28. The van der Waals surface area contributed by atoms with Crippen molar-refractivity contribution in [1.29, 1.82) is 0 Å². The molecule has 2 aromatic heterocycles. The van der Waals surface area contributed by atoms with Gasteiger partial charge in [0.1, 0.15) is 0 Å². The first-order chi connectivity index (χ1) is 37.4. The molecule has 0 saturated carbocycles. The fraction of sp³-hybridized carbons (Fsp3) is 0.182. The molecule has 0 atom stereocenters. The van der Waals surface area contributed by atoms with E-state index in [0.717, 1.165) is 32.5 Å². The molecule has 7 aromatic rings. The van der Waals surface area contributed by atoms with Crippen LogP contribution in [0.1, 0.15) is 25.7 Å². The summed E-state index contributed by atoms with van der Waals surface area (Å²) in [6.07, 6.45) is 5.11. The normalized spacial score (nSPS) is 12.3. The molecule has 2 aliphatic heterocycles. The maximum Gasteiger partial charge on any atom is 1.00 e. The third kappa shape index (κ3) is 16.5. The monoisotopic (exact) mass is 1250 g/mol. The van der Waals surface area contributed by atoms with Gasteiger partial charge in [-0.25, -0.2) is 116 Å². The van der Waals surface area contributed by atoms with E-state index >= 15 is 0 Å². The van der Waals surface area contributed by atoms with Crippen molar-refractivity contribution >= 4 is 34.8 Å². The van der Waals surface area contributed by atoms with E-state index in [-0.39, 0.29) is 40.8 Å². The summed E-state index contributed by atoms with van der Waals surface area (Å²) < 4.78 is 339. The number of hydrogen-bond acceptors (Lipinski definition) is 8. The van der Waals surface area contributed by atoms with E-state index < -0.39 is 180 Å². The molecule has 4 heterocycles. The van der Waals surface area contributed by atoms with Gasteiger partial charge in [0.05, 0.1) is 45.8 Å². The summed E-state index contributed by atoms with van der Waals surface area (Å²) in [4.78, 5) is 19.0. The Hall–Kier alpha value is -6.24. The van der Waals surface area contributed by atoms with Crippen LogP contribution in [0.4, 0.5) is 110 Å². The Morgan fingerprint density at radius 2 is 0.481 bits per heavy atom. The van der Waals surface area contributed by atoms with Crippen molar-refractivity contribution < 1.29 is 138 Å². The van der Waals surface area contributed by atoms with Crippen LogP contribution in [0.2, 0.25) is 15.9 Å². The van der Waals surface area contributed by atoms with Crippen molar-refractivity contribution in [3.8, 4) is 34.2 Å². The van der Waals surface area contributed by atoms with E-state index in [1.807, 2.05) is 0 Å². The van der Waals surface area contributed by atoms with Gasteiger partial charge < -0.3 is 9.47 Å². The van der Waals surface area contributed by atoms with Gasteiger partial charge in [-0.15, -0.1) is 6.07 Å². The standard InChI is InChI=1S/C21F15N3.C6HF5.C6F5.2C4H8O.C3Cl3N3.Li/c22-4-1(5(23)11(29)16(34)10(4)28)19-37-20(2-6(24)12(30)17(35)13(31)7(2)25)39-21(38-19)3-8(26)14(32)18(36)15(33)9(3)27;2*7-2-1-3(8)5(10)6(11)4(2)9;2*1-2-4-5-3-1;4-1-7-2(5)9-3(6)8-1;/h;1H;;2*1-4H2;;/q;;-1;;;;+1. The fourth-order valence-corrected chi connectivity index (χ4v) is 6.09. The number of rotatable bonds is 3. The van der Waals surface area contributed by atoms with Crippen LogP contribution >= 0.6 is 34.8 Å². The van der Waals surface area contributed by atoms with Gasteiger partial charge in [0.25, 0.3) is 0 Å². The average molecular weight is 1250 g/mol. The molecular weight excluding hydrogens is 1230 g/mol. The first kappa shape index (κ1) is 69.0. The van der Waals surface area contributed by atoms with Gasteiger partial charge in [-0.3, -0.25) is 8.78 Å². The second-order valence-corrected chi connectivity index (χ2v) is 15.4. The summed E-state index contributed by atoms with van der Waals surface area (Å²) in [7, 11) is 0. The number of nitrogens with zero attached hydrogens (tertiary/aromatic N) is 6. The van der Waals surface area contributed by atoms with E-state index in [4.69, 9.17) is 44.3 Å². The maximum absolute atomic E-state index is 14.4. The van der Waals surface area contributed by atoms with Crippen LogP contribution in [-0.2, 0) is 9.47 Å². The van der Waals surface area contributed by atoms with Crippen LogP contribution in [-0.4, -0.2) is 56.3 Å². The second-order valence-electron chi connectivity index (χ2n) is 14.4. The van der Waals surface area contributed by atoms with Crippen LogP contribution in [0.25, 0.3) is 34.2 Å². The molecule has 2 saturated heterocycles. The van der Waals surface area contributed by atoms with Gasteiger partial charge in [-0.1, -0.05) is 0 Å². The van der Waals surface area contributed by atoms with Crippen molar-refractivity contribution in [2.45, 2.75) is 25.7 Å². The summed E-state index contributed by atoms with van der Waals surface area (Å²) >= 11 is 16.0. The first-order valence-corrected chi connectivity index (χ1v) is 21.6. The summed E-state index contributed by atoms with van der Waals surface area (Å²) in [6, 6.07) is 0.962. The van der Waals surface area contributed by atoms with Crippen LogP contribution < -0.4 is 18.9 Å². The van der Waals surface area contributed by atoms with Crippen LogP contribution in [0.3, 0.4) is 0 Å². The van der Waals surface area contributed by atoms with Crippen molar-refractivity contribution in [2.24, 2.45) is 0 Å². The minimum atomic E-state index is -2.78. The van der Waals surface area contributed by atoms with Crippen molar-refractivity contribution in [1.82, 2.24) is 29.9 Å². The zero-order chi connectivity index (χ0) is 60.4. The third-order valence-electron chi connectivity index (χ3n) is 9.19. The Morgan fingerprint density at radius 1 is 0.284 bits per heavy atom. The molecule has 0 spiro atoms. The molecule has 2 fully saturated rings. The van der Waals surface area contributed by atoms with Crippen LogP contribution in [0.15, 0.2) is 6.07 Å². The van der Waals surface area contributed by atoms with Gasteiger partial charge in [-0.2, -0.15) is 15.0 Å². The van der Waals surface area contributed by atoms with Gasteiger partial charge in [0.15, 0.2) is 111 Å². The summed E-state index contributed by atoms with van der Waals surface area (Å²) in [5, 5.41) is 0.00000000000000178. The SMILES string of the molecule is C1CCOC1.C1CCOC1.Clc1nc(Cl)nc(Cl)n1.Fc1[c-]c(F)c(F)c(F)c1F.Fc1c(F)c(F)c(-c2nc(-c3c(F)c(F)c(F)c(F)c3F)nc(-c3c(F)c(F)c(F)c(F)c3F)n2)c(F)c1F.Fc1cc(F)c(F)c(F)c1F.[Li+]. The fourth-order valence-electron chi connectivity index (χ4n) is 5.48. The molecule has 0 unspecified atom stereocenters. The summed E-state index contributed by atoms with van der Waals surface area (Å²) in [5.74, 6) is -66.8. The molecule has 432 valence electrons. The Balaban J connectivity index is 0.000000326. The molecule has 5 aromatic carbocycles. The maximum atomic E-state index is 14.4. The number of aromatic nitrogens is 6. The van der Waals surface area contributed by atoms with E-state index in [1.165, 1.54) is 25.7 Å². The molecule has 0 bridgehead atoms. The molecule has 0 aliphatic carbocycles. The molecule has 37 heteroatoms. The molecule has 9 rings (SSSR count). The number of benzene rings is 5.